The van der Waals surface area contributed by atoms with Gasteiger partial charge < -0.3 is 5.73 Å². The molecule has 6 heteroatoms. The molecule has 0 spiro atoms. The first-order valence-electron chi connectivity index (χ1n) is 6.02. The Bertz CT molecular complexity index is 646. The third kappa shape index (κ3) is 2.16. The fraction of sp³-hybridized carbons (Fsp3) is 0.308. The summed E-state index contributed by atoms with van der Waals surface area (Å²) in [6, 6.07) is 5.00. The first-order valence-corrected chi connectivity index (χ1v) is 6.02. The number of nitro benzene ring substituents is 1. The minimum absolute atomic E-state index is 0.116. The Morgan fingerprint density at radius 2 is 2.16 bits per heavy atom. The molecule has 0 saturated heterocycles. The van der Waals surface area contributed by atoms with E-state index in [0.29, 0.717) is 11.4 Å². The molecule has 2 rings (SSSR count). The highest BCUT2D eigenvalue weighted by Gasteiger charge is 2.17. The van der Waals surface area contributed by atoms with Gasteiger partial charge in [0.25, 0.3) is 5.69 Å². The van der Waals surface area contributed by atoms with Crippen LogP contribution in [0.15, 0.2) is 18.2 Å². The predicted octanol–water partition coefficient (Wildman–Crippen LogP) is 2.45. The van der Waals surface area contributed by atoms with Crippen molar-refractivity contribution in [3.63, 3.8) is 0 Å². The lowest BCUT2D eigenvalue weighted by atomic mass is 10.0. The van der Waals surface area contributed by atoms with Gasteiger partial charge in [-0.15, -0.1) is 0 Å². The Morgan fingerprint density at radius 1 is 1.47 bits per heavy atom. The molecule has 0 saturated carbocycles. The van der Waals surface area contributed by atoms with E-state index in [2.05, 4.69) is 5.10 Å². The van der Waals surface area contributed by atoms with Gasteiger partial charge in [-0.05, 0) is 25.5 Å². The fourth-order valence-corrected chi connectivity index (χ4v) is 2.17. The zero-order valence-electron chi connectivity index (χ0n) is 11.2. The third-order valence-corrected chi connectivity index (χ3v) is 3.21. The largest absolute Gasteiger partial charge is 0.384 e. The Labute approximate surface area is 111 Å². The van der Waals surface area contributed by atoms with Gasteiger partial charge in [-0.25, -0.2) is 0 Å². The Hall–Kier alpha value is -2.37. The molecule has 2 aromatic rings. The van der Waals surface area contributed by atoms with Crippen LogP contribution in [0.1, 0.15) is 18.1 Å². The second-order valence-electron chi connectivity index (χ2n) is 4.45. The molecule has 1 aromatic heterocycles. The van der Waals surface area contributed by atoms with Crippen molar-refractivity contribution < 1.29 is 4.92 Å². The fourth-order valence-electron chi connectivity index (χ4n) is 2.17. The smallest absolute Gasteiger partial charge is 0.272 e. The first kappa shape index (κ1) is 13.1. The van der Waals surface area contributed by atoms with Gasteiger partial charge in [0.2, 0.25) is 0 Å². The zero-order valence-corrected chi connectivity index (χ0v) is 11.2. The van der Waals surface area contributed by atoms with E-state index < -0.39 is 0 Å². The lowest BCUT2D eigenvalue weighted by Crippen LogP contribution is -1.98. The lowest BCUT2D eigenvalue weighted by Gasteiger charge is -2.03. The molecule has 0 aliphatic heterocycles. The second kappa shape index (κ2) is 4.72. The van der Waals surface area contributed by atoms with Crippen LogP contribution in [0.4, 0.5) is 11.5 Å². The van der Waals surface area contributed by atoms with Crippen LogP contribution in [0, 0.1) is 17.0 Å². The van der Waals surface area contributed by atoms with Crippen molar-refractivity contribution in [3.05, 3.63) is 39.4 Å². The van der Waals surface area contributed by atoms with Crippen molar-refractivity contribution in [2.24, 2.45) is 7.05 Å². The van der Waals surface area contributed by atoms with Crippen LogP contribution in [0.3, 0.4) is 0 Å². The van der Waals surface area contributed by atoms with Crippen LogP contribution in [0.25, 0.3) is 11.3 Å². The molecule has 2 N–H and O–H groups in total. The molecular weight excluding hydrogens is 244 g/mol. The molecule has 0 radical (unpaired) electrons. The van der Waals surface area contributed by atoms with Crippen LogP contribution < -0.4 is 5.73 Å². The van der Waals surface area contributed by atoms with Crippen LogP contribution >= 0.6 is 0 Å². The van der Waals surface area contributed by atoms with Crippen molar-refractivity contribution in [1.82, 2.24) is 9.78 Å². The molecule has 0 fully saturated rings. The van der Waals surface area contributed by atoms with E-state index in [4.69, 9.17) is 5.73 Å². The molecule has 1 heterocycles. The normalized spacial score (nSPS) is 10.7. The highest BCUT2D eigenvalue weighted by molar-refractivity contribution is 5.70. The number of nitrogen functional groups attached to an aromatic ring is 1. The number of hydrogen-bond acceptors (Lipinski definition) is 4. The minimum atomic E-state index is -0.382. The molecule has 0 unspecified atom stereocenters. The topological polar surface area (TPSA) is 87.0 Å². The quantitative estimate of drug-likeness (QED) is 0.678. The van der Waals surface area contributed by atoms with Crippen LogP contribution in [-0.2, 0) is 13.5 Å². The maximum atomic E-state index is 10.8. The van der Waals surface area contributed by atoms with Crippen molar-refractivity contribution in [1.29, 1.82) is 0 Å². The van der Waals surface area contributed by atoms with E-state index in [-0.39, 0.29) is 10.6 Å². The minimum Gasteiger partial charge on any atom is -0.384 e. The summed E-state index contributed by atoms with van der Waals surface area (Å²) >= 11 is 0. The van der Waals surface area contributed by atoms with Crippen molar-refractivity contribution in [2.45, 2.75) is 20.3 Å². The lowest BCUT2D eigenvalue weighted by molar-refractivity contribution is -0.385. The number of nitrogens with zero attached hydrogens (tertiary/aromatic N) is 3. The van der Waals surface area contributed by atoms with Gasteiger partial charge in [0.05, 0.1) is 10.6 Å². The van der Waals surface area contributed by atoms with Gasteiger partial charge >= 0.3 is 0 Å². The molecule has 0 aliphatic carbocycles. The van der Waals surface area contributed by atoms with Crippen LogP contribution in [-0.4, -0.2) is 14.7 Å². The third-order valence-electron chi connectivity index (χ3n) is 3.21. The van der Waals surface area contributed by atoms with E-state index in [1.165, 1.54) is 6.07 Å². The van der Waals surface area contributed by atoms with E-state index in [1.807, 2.05) is 6.92 Å². The standard InChI is InChI=1S/C13H16N4O2/c1-4-10-12(15-16(3)13(10)14)9-5-6-11(17(18)19)8(2)7-9/h5-7H,4,14H2,1-3H3. The summed E-state index contributed by atoms with van der Waals surface area (Å²) in [5.41, 5.74) is 9.31. The van der Waals surface area contributed by atoms with Crippen LogP contribution in [0.2, 0.25) is 0 Å². The molecule has 0 amide bonds. The number of aromatic nitrogens is 2. The molecule has 0 bridgehead atoms. The SMILES string of the molecule is CCc1c(-c2ccc([N+](=O)[O-])c(C)c2)nn(C)c1N. The molecule has 19 heavy (non-hydrogen) atoms. The van der Waals surface area contributed by atoms with Crippen molar-refractivity contribution >= 4 is 11.5 Å². The summed E-state index contributed by atoms with van der Waals surface area (Å²) in [6.07, 6.45) is 0.769. The highest BCUT2D eigenvalue weighted by Crippen LogP contribution is 2.30. The summed E-state index contributed by atoms with van der Waals surface area (Å²) in [5.74, 6) is 0.633. The second-order valence-corrected chi connectivity index (χ2v) is 4.45. The molecule has 100 valence electrons. The van der Waals surface area contributed by atoms with Crippen LogP contribution in [0.5, 0.6) is 0 Å². The average molecular weight is 260 g/mol. The number of hydrogen-bond donors (Lipinski definition) is 1. The van der Waals surface area contributed by atoms with Gasteiger partial charge in [-0.1, -0.05) is 6.92 Å². The number of anilines is 1. The summed E-state index contributed by atoms with van der Waals surface area (Å²) < 4.78 is 1.63. The summed E-state index contributed by atoms with van der Waals surface area (Å²) in [5, 5.41) is 15.2. The molecule has 6 nitrogen and oxygen atoms in total. The number of nitrogens with two attached hydrogens (primary N) is 1. The first-order chi connectivity index (χ1) is 8.95. The number of aryl methyl sites for hydroxylation is 2. The average Bonchev–Trinajstić information content (AvgIpc) is 2.64. The Morgan fingerprint density at radius 3 is 2.68 bits per heavy atom. The van der Waals surface area contributed by atoms with Crippen molar-refractivity contribution in [3.8, 4) is 11.3 Å². The monoisotopic (exact) mass is 260 g/mol. The summed E-state index contributed by atoms with van der Waals surface area (Å²) in [4.78, 5) is 10.4. The zero-order chi connectivity index (χ0) is 14.2. The Balaban J connectivity index is 2.57. The van der Waals surface area contributed by atoms with Gasteiger partial charge in [-0.3, -0.25) is 14.8 Å². The maximum Gasteiger partial charge on any atom is 0.272 e. The molecule has 1 aromatic carbocycles. The predicted molar refractivity (Wildman–Crippen MR) is 73.8 cm³/mol. The highest BCUT2D eigenvalue weighted by atomic mass is 16.6. The summed E-state index contributed by atoms with van der Waals surface area (Å²) in [6.45, 7) is 3.73. The van der Waals surface area contributed by atoms with Gasteiger partial charge in [0, 0.05) is 29.8 Å². The molecule has 0 atom stereocenters. The molecular formula is C13H16N4O2. The molecule has 0 aliphatic rings. The van der Waals surface area contributed by atoms with E-state index in [9.17, 15) is 10.1 Å². The number of benzene rings is 1. The number of nitro groups is 1. The van der Waals surface area contributed by atoms with Gasteiger partial charge in [-0.2, -0.15) is 5.10 Å². The van der Waals surface area contributed by atoms with Crippen molar-refractivity contribution in [2.75, 3.05) is 5.73 Å². The summed E-state index contributed by atoms with van der Waals surface area (Å²) in [7, 11) is 1.79. The van der Waals surface area contributed by atoms with E-state index >= 15 is 0 Å². The Kier molecular flexibility index (Phi) is 3.25. The van der Waals surface area contributed by atoms with Gasteiger partial charge in [0.1, 0.15) is 5.82 Å². The van der Waals surface area contributed by atoms with E-state index in [1.54, 1.807) is 30.8 Å². The maximum absolute atomic E-state index is 10.8. The van der Waals surface area contributed by atoms with Gasteiger partial charge in [0.15, 0.2) is 0 Å². The van der Waals surface area contributed by atoms with E-state index in [0.717, 1.165) is 23.2 Å². The number of rotatable bonds is 3.